The number of carbonyl (C=O) groups excluding carboxylic acids is 4. The number of likely N-dealkylation sites (N-methyl/N-ethyl adjacent to an activating group) is 2. The number of carbonyl (C=O) groups is 5. The highest BCUT2D eigenvalue weighted by Gasteiger charge is 2.50. The number of alkyl halides is 6. The maximum Gasteiger partial charge on any atom is 0.416 e. The second-order valence-corrected chi connectivity index (χ2v) is 26.6. The van der Waals surface area contributed by atoms with Crippen molar-refractivity contribution >= 4 is 51.9 Å². The maximum absolute atomic E-state index is 14.2. The molecule has 6 aromatic rings. The predicted octanol–water partition coefficient (Wildman–Crippen LogP) is 12.4. The normalized spacial score (nSPS) is 18.3. The molecule has 0 bridgehead atoms. The van der Waals surface area contributed by atoms with Gasteiger partial charge in [-0.2, -0.15) is 26.3 Å². The number of ether oxygens (including phenoxy) is 2. The monoisotopic (exact) mass is 1350 g/mol. The van der Waals surface area contributed by atoms with Crippen LogP contribution >= 0.6 is 11.3 Å². The molecule has 0 radical (unpaired) electrons. The van der Waals surface area contributed by atoms with E-state index in [1.807, 2.05) is 73.8 Å². The minimum atomic E-state index is -5.15. The van der Waals surface area contributed by atoms with Gasteiger partial charge in [-0.15, -0.1) is 0 Å². The Morgan fingerprint density at radius 3 is 2.07 bits per heavy atom. The van der Waals surface area contributed by atoms with Crippen molar-refractivity contribution in [1.29, 1.82) is 0 Å². The fourth-order valence-corrected chi connectivity index (χ4v) is 14.6. The van der Waals surface area contributed by atoms with E-state index in [-0.39, 0.29) is 55.5 Å². The predicted molar refractivity (Wildman–Crippen MR) is 351 cm³/mol. The highest BCUT2D eigenvalue weighted by Crippen LogP contribution is 2.49. The van der Waals surface area contributed by atoms with E-state index in [2.05, 4.69) is 32.2 Å². The molecule has 4 heterocycles. The number of fused-ring (bicyclic) bond motifs is 2. The van der Waals surface area contributed by atoms with E-state index in [4.69, 9.17) is 9.47 Å². The van der Waals surface area contributed by atoms with Crippen LogP contribution in [0.1, 0.15) is 112 Å². The molecule has 514 valence electrons. The molecular weight excluding hydrogens is 1270 g/mol. The number of halogens is 7. The first-order valence-corrected chi connectivity index (χ1v) is 33.5. The lowest BCUT2D eigenvalue weighted by molar-refractivity contribution is -0.143. The van der Waals surface area contributed by atoms with Crippen LogP contribution in [0.2, 0.25) is 0 Å². The molecule has 3 saturated heterocycles. The van der Waals surface area contributed by atoms with Gasteiger partial charge in [0.2, 0.25) is 11.8 Å². The van der Waals surface area contributed by atoms with Crippen LogP contribution < -0.4 is 10.2 Å². The molecular formula is C71H82F7N9O8S. The van der Waals surface area contributed by atoms with Crippen LogP contribution in [0.3, 0.4) is 0 Å². The number of hydrogen-bond donors (Lipinski definition) is 2. The SMILES string of the molecule is CN(CCN1CCC(N(C(=O)O)c2ccccc2-c2ccccc2)CC1)C(=O)CCCCCNc1ncc(C(=O)N(C)CCCN(C)C(=O)CO[C@H]2Cc3ccccc3C23CCN(CC[C@]2(c4ccc(F)cc4)CN(C(=O)c4cc(C(F)(F)F)cc(C(F)(F)F)c4)CO2)CC3)s1. The Morgan fingerprint density at radius 1 is 0.729 bits per heavy atom. The lowest BCUT2D eigenvalue weighted by Gasteiger charge is -2.44. The molecule has 0 saturated carbocycles. The van der Waals surface area contributed by atoms with Crippen molar-refractivity contribution in [3.63, 3.8) is 0 Å². The fourth-order valence-electron chi connectivity index (χ4n) is 13.8. The molecule has 4 aliphatic rings. The Bertz CT molecular complexity index is 3630. The number of rotatable bonds is 26. The molecule has 5 amide bonds. The number of para-hydroxylation sites is 1. The van der Waals surface area contributed by atoms with E-state index in [0.29, 0.717) is 131 Å². The Balaban J connectivity index is 0.618. The Morgan fingerprint density at radius 2 is 1.38 bits per heavy atom. The zero-order valence-electron chi connectivity index (χ0n) is 54.2. The average Bonchev–Trinajstić information content (AvgIpc) is 1.55. The summed E-state index contributed by atoms with van der Waals surface area (Å²) in [4.78, 5) is 83.6. The summed E-state index contributed by atoms with van der Waals surface area (Å²) < 4.78 is 110. The van der Waals surface area contributed by atoms with Gasteiger partial charge < -0.3 is 49.3 Å². The van der Waals surface area contributed by atoms with Gasteiger partial charge in [-0.25, -0.2) is 14.2 Å². The zero-order chi connectivity index (χ0) is 68.4. The standard InChI is InChI=1S/C71H82F7N9O8S/c1-81(32-14-33-83(3)65(91)60-45-80-66(96-60)79-31-13-5-8-21-62(88)82(2)39-40-84-34-26-56(27-35-84)87(67(92)93)59-20-12-10-18-57(59)49-15-6-4-7-16-49)63(89)46-94-61-43-50-17-9-11-19-58(50)68(61)28-36-85(37-29-68)38-30-69(52-22-24-55(72)25-23-52)47-86(48-95-69)64(90)51-41-53(70(73,74)75)44-54(42-51)71(76,77)78/h4,6-7,9-12,15-20,22-25,41-42,44-45,56,61H,5,8,13-14,21,26-40,43,46-48H2,1-3H3,(H,79,80)(H,92,93)/t61-,69+/m0/s1. The first-order valence-electron chi connectivity index (χ1n) is 32.6. The molecule has 0 unspecified atom stereocenters. The van der Waals surface area contributed by atoms with Crippen LogP contribution in [-0.4, -0.2) is 188 Å². The fraction of sp³-hybridized carbons (Fsp3) is 0.465. The number of hydrogen-bond acceptors (Lipinski definition) is 12. The van der Waals surface area contributed by atoms with Gasteiger partial charge in [0.15, 0.2) is 5.13 Å². The molecule has 96 heavy (non-hydrogen) atoms. The van der Waals surface area contributed by atoms with Crippen molar-refractivity contribution in [3.8, 4) is 11.1 Å². The molecule has 25 heteroatoms. The molecule has 1 spiro atoms. The summed E-state index contributed by atoms with van der Waals surface area (Å²) in [7, 11) is 5.25. The summed E-state index contributed by atoms with van der Waals surface area (Å²) in [6.45, 7) is 4.99. The number of thiazole rings is 1. The molecule has 10 rings (SSSR count). The van der Waals surface area contributed by atoms with Gasteiger partial charge in [0.1, 0.15) is 29.6 Å². The summed E-state index contributed by atoms with van der Waals surface area (Å²) in [5.74, 6) is -1.92. The Hall–Kier alpha value is -7.97. The lowest BCUT2D eigenvalue weighted by atomic mass is 9.72. The molecule has 2 atom stereocenters. The van der Waals surface area contributed by atoms with Crippen molar-refractivity contribution in [2.75, 3.05) is 117 Å². The lowest BCUT2D eigenvalue weighted by Crippen LogP contribution is -2.50. The van der Waals surface area contributed by atoms with Gasteiger partial charge >= 0.3 is 18.4 Å². The number of amides is 5. The van der Waals surface area contributed by atoms with E-state index in [1.165, 1.54) is 40.5 Å². The quantitative estimate of drug-likeness (QED) is 0.0390. The first kappa shape index (κ1) is 70.8. The van der Waals surface area contributed by atoms with Crippen molar-refractivity contribution in [2.45, 2.75) is 106 Å². The second-order valence-electron chi connectivity index (χ2n) is 25.6. The summed E-state index contributed by atoms with van der Waals surface area (Å²) in [6, 6.07) is 31.6. The minimum Gasteiger partial charge on any atom is -0.465 e. The topological polar surface area (TPSA) is 172 Å². The molecule has 17 nitrogen and oxygen atoms in total. The molecule has 1 aliphatic carbocycles. The highest BCUT2D eigenvalue weighted by atomic mass is 32.1. The van der Waals surface area contributed by atoms with E-state index in [1.54, 1.807) is 35.0 Å². The maximum atomic E-state index is 14.2. The van der Waals surface area contributed by atoms with E-state index in [9.17, 15) is 59.8 Å². The van der Waals surface area contributed by atoms with E-state index >= 15 is 0 Å². The van der Waals surface area contributed by atoms with Gasteiger partial charge in [0.25, 0.3) is 11.8 Å². The number of benzene rings is 5. The second kappa shape index (κ2) is 31.1. The van der Waals surface area contributed by atoms with Gasteiger partial charge in [0, 0.05) is 103 Å². The molecule has 1 aromatic heterocycles. The molecule has 3 fully saturated rings. The highest BCUT2D eigenvalue weighted by molar-refractivity contribution is 7.17. The molecule has 5 aromatic carbocycles. The number of nitrogens with zero attached hydrogens (tertiary/aromatic N) is 8. The van der Waals surface area contributed by atoms with Crippen LogP contribution in [0.5, 0.6) is 0 Å². The number of nitrogens with one attached hydrogen (secondary N) is 1. The smallest absolute Gasteiger partial charge is 0.416 e. The third-order valence-electron chi connectivity index (χ3n) is 19.4. The van der Waals surface area contributed by atoms with Crippen molar-refractivity contribution in [2.24, 2.45) is 0 Å². The number of anilines is 2. The summed E-state index contributed by atoms with van der Waals surface area (Å²) in [6.07, 6.45) is -3.11. The van der Waals surface area contributed by atoms with Crippen LogP contribution in [0.25, 0.3) is 11.1 Å². The molecule has 3 aliphatic heterocycles. The first-order chi connectivity index (χ1) is 45.9. The van der Waals surface area contributed by atoms with E-state index < -0.39 is 64.6 Å². The average molecular weight is 1350 g/mol. The summed E-state index contributed by atoms with van der Waals surface area (Å²) >= 11 is 1.27. The Labute approximate surface area is 558 Å². The number of piperidine rings is 2. The summed E-state index contributed by atoms with van der Waals surface area (Å²) in [5.41, 5.74) is -0.380. The third-order valence-corrected chi connectivity index (χ3v) is 20.3. The van der Waals surface area contributed by atoms with Gasteiger partial charge in [-0.1, -0.05) is 103 Å². The molecule has 2 N–H and O–H groups in total. The summed E-state index contributed by atoms with van der Waals surface area (Å²) in [5, 5.41) is 14.3. The van der Waals surface area contributed by atoms with Crippen molar-refractivity contribution in [3.05, 3.63) is 172 Å². The van der Waals surface area contributed by atoms with Gasteiger partial charge in [-0.3, -0.25) is 24.1 Å². The van der Waals surface area contributed by atoms with Crippen LogP contribution in [-0.2, 0) is 48.9 Å². The number of likely N-dealkylation sites (tertiary alicyclic amines) is 2. The van der Waals surface area contributed by atoms with Crippen molar-refractivity contribution < 1.29 is 69.3 Å². The van der Waals surface area contributed by atoms with E-state index in [0.717, 1.165) is 59.5 Å². The van der Waals surface area contributed by atoms with Crippen molar-refractivity contribution in [1.82, 2.24) is 34.4 Å². The zero-order valence-corrected chi connectivity index (χ0v) is 55.0. The van der Waals surface area contributed by atoms with Gasteiger partial charge in [0.05, 0.1) is 35.7 Å². The third kappa shape index (κ3) is 17.0. The number of carboxylic acid groups (broad SMARTS) is 1. The van der Waals surface area contributed by atoms with Crippen LogP contribution in [0.15, 0.2) is 128 Å². The Kier molecular flexibility index (Phi) is 22.9. The van der Waals surface area contributed by atoms with Crippen LogP contribution in [0.4, 0.5) is 46.3 Å². The number of unbranched alkanes of at least 4 members (excludes halogenated alkanes) is 2. The number of aromatic nitrogens is 1. The largest absolute Gasteiger partial charge is 0.465 e. The minimum absolute atomic E-state index is 0.0306. The van der Waals surface area contributed by atoms with Crippen LogP contribution in [0, 0.1) is 5.82 Å². The van der Waals surface area contributed by atoms with Gasteiger partial charge in [-0.05, 0) is 130 Å².